The molecule has 0 aliphatic rings. The molecule has 0 unspecified atom stereocenters. The monoisotopic (exact) mass is 339 g/mol. The Morgan fingerprint density at radius 3 is 2.25 bits per heavy atom. The Labute approximate surface area is 142 Å². The van der Waals surface area contributed by atoms with E-state index in [0.29, 0.717) is 35.9 Å². The maximum atomic E-state index is 12.4. The van der Waals surface area contributed by atoms with Crippen LogP contribution in [-0.4, -0.2) is 71.8 Å². The van der Waals surface area contributed by atoms with Crippen molar-refractivity contribution in [2.75, 3.05) is 60.4 Å². The summed E-state index contributed by atoms with van der Waals surface area (Å²) < 4.78 is 15.4. The SMILES string of the molecule is COCCNCC(=O)Nc1cc(OC)c(OC)cc1C(=O)N(C)C. The van der Waals surface area contributed by atoms with E-state index in [4.69, 9.17) is 14.2 Å². The predicted octanol–water partition coefficient (Wildman–Crippen LogP) is 0.580. The lowest BCUT2D eigenvalue weighted by Gasteiger charge is -2.18. The molecule has 0 aromatic heterocycles. The highest BCUT2D eigenvalue weighted by Crippen LogP contribution is 2.33. The Bertz CT molecular complexity index is 575. The first kappa shape index (κ1) is 19.7. The Balaban J connectivity index is 3.01. The van der Waals surface area contributed by atoms with Gasteiger partial charge in [-0.3, -0.25) is 9.59 Å². The molecule has 1 rings (SSSR count). The lowest BCUT2D eigenvalue weighted by atomic mass is 10.1. The van der Waals surface area contributed by atoms with Gasteiger partial charge in [0, 0.05) is 33.8 Å². The summed E-state index contributed by atoms with van der Waals surface area (Å²) in [4.78, 5) is 25.8. The molecule has 1 aromatic carbocycles. The van der Waals surface area contributed by atoms with Gasteiger partial charge in [-0.15, -0.1) is 0 Å². The second-order valence-corrected chi connectivity index (χ2v) is 5.17. The number of methoxy groups -OCH3 is 3. The molecule has 0 heterocycles. The number of rotatable bonds is 9. The number of hydrogen-bond acceptors (Lipinski definition) is 6. The fraction of sp³-hybridized carbons (Fsp3) is 0.500. The van der Waals surface area contributed by atoms with Crippen molar-refractivity contribution >= 4 is 17.5 Å². The number of carbonyl (C=O) groups excluding carboxylic acids is 2. The number of amides is 2. The second kappa shape index (κ2) is 9.74. The van der Waals surface area contributed by atoms with E-state index in [1.165, 1.54) is 19.1 Å². The van der Waals surface area contributed by atoms with Crippen molar-refractivity contribution in [1.29, 1.82) is 0 Å². The number of ether oxygens (including phenoxy) is 3. The highest BCUT2D eigenvalue weighted by atomic mass is 16.5. The molecular formula is C16H25N3O5. The standard InChI is InChI=1S/C16H25N3O5/c1-19(2)16(21)11-8-13(23-4)14(24-5)9-12(11)18-15(20)10-17-6-7-22-3/h8-9,17H,6-7,10H2,1-5H3,(H,18,20). The van der Waals surface area contributed by atoms with Crippen LogP contribution in [-0.2, 0) is 9.53 Å². The Morgan fingerprint density at radius 1 is 1.08 bits per heavy atom. The molecule has 0 aliphatic heterocycles. The molecule has 24 heavy (non-hydrogen) atoms. The number of hydrogen-bond donors (Lipinski definition) is 2. The van der Waals surface area contributed by atoms with Gasteiger partial charge in [-0.1, -0.05) is 0 Å². The van der Waals surface area contributed by atoms with Gasteiger partial charge in [-0.2, -0.15) is 0 Å². The summed E-state index contributed by atoms with van der Waals surface area (Å²) in [6.45, 7) is 1.17. The lowest BCUT2D eigenvalue weighted by molar-refractivity contribution is -0.115. The average Bonchev–Trinajstić information content (AvgIpc) is 2.57. The lowest BCUT2D eigenvalue weighted by Crippen LogP contribution is -2.31. The summed E-state index contributed by atoms with van der Waals surface area (Å²) in [6, 6.07) is 3.12. The summed E-state index contributed by atoms with van der Waals surface area (Å²) in [5.74, 6) is 0.319. The third kappa shape index (κ3) is 5.39. The van der Waals surface area contributed by atoms with Crippen LogP contribution in [0.3, 0.4) is 0 Å². The van der Waals surface area contributed by atoms with Crippen molar-refractivity contribution in [3.05, 3.63) is 17.7 Å². The van der Waals surface area contributed by atoms with Crippen molar-refractivity contribution < 1.29 is 23.8 Å². The van der Waals surface area contributed by atoms with Gasteiger partial charge in [-0.25, -0.2) is 0 Å². The van der Waals surface area contributed by atoms with Crippen LogP contribution in [0.25, 0.3) is 0 Å². The summed E-state index contributed by atoms with van der Waals surface area (Å²) >= 11 is 0. The van der Waals surface area contributed by atoms with Gasteiger partial charge in [0.25, 0.3) is 5.91 Å². The molecule has 0 radical (unpaired) electrons. The molecule has 0 saturated heterocycles. The minimum absolute atomic E-state index is 0.104. The van der Waals surface area contributed by atoms with Crippen molar-refractivity contribution in [1.82, 2.24) is 10.2 Å². The first-order valence-corrected chi connectivity index (χ1v) is 7.41. The van der Waals surface area contributed by atoms with Crippen LogP contribution in [0.15, 0.2) is 12.1 Å². The molecule has 1 aromatic rings. The van der Waals surface area contributed by atoms with Crippen LogP contribution < -0.4 is 20.1 Å². The van der Waals surface area contributed by atoms with Crippen LogP contribution in [0.5, 0.6) is 11.5 Å². The van der Waals surface area contributed by atoms with Gasteiger partial charge in [-0.05, 0) is 6.07 Å². The summed E-state index contributed by atoms with van der Waals surface area (Å²) in [6.07, 6.45) is 0. The Morgan fingerprint density at radius 2 is 1.71 bits per heavy atom. The largest absolute Gasteiger partial charge is 0.493 e. The van der Waals surface area contributed by atoms with E-state index in [1.807, 2.05) is 0 Å². The van der Waals surface area contributed by atoms with E-state index in [0.717, 1.165) is 0 Å². The minimum atomic E-state index is -0.272. The minimum Gasteiger partial charge on any atom is -0.493 e. The van der Waals surface area contributed by atoms with E-state index in [-0.39, 0.29) is 18.4 Å². The molecule has 8 heteroatoms. The normalized spacial score (nSPS) is 10.2. The average molecular weight is 339 g/mol. The number of anilines is 1. The van der Waals surface area contributed by atoms with Gasteiger partial charge >= 0.3 is 0 Å². The van der Waals surface area contributed by atoms with E-state index >= 15 is 0 Å². The van der Waals surface area contributed by atoms with E-state index in [1.54, 1.807) is 33.3 Å². The smallest absolute Gasteiger partial charge is 0.255 e. The van der Waals surface area contributed by atoms with Gasteiger partial charge < -0.3 is 29.7 Å². The number of benzene rings is 1. The molecule has 134 valence electrons. The first-order chi connectivity index (χ1) is 11.4. The topological polar surface area (TPSA) is 89.1 Å². The molecule has 0 saturated carbocycles. The van der Waals surface area contributed by atoms with E-state index < -0.39 is 0 Å². The van der Waals surface area contributed by atoms with Crippen molar-refractivity contribution in [3.63, 3.8) is 0 Å². The fourth-order valence-electron chi connectivity index (χ4n) is 1.97. The zero-order chi connectivity index (χ0) is 18.1. The van der Waals surface area contributed by atoms with Crippen molar-refractivity contribution in [2.24, 2.45) is 0 Å². The third-order valence-corrected chi connectivity index (χ3v) is 3.20. The highest BCUT2D eigenvalue weighted by molar-refractivity contribution is 6.04. The Hall–Kier alpha value is -2.32. The summed E-state index contributed by atoms with van der Waals surface area (Å²) in [5, 5.41) is 5.66. The van der Waals surface area contributed by atoms with E-state index in [9.17, 15) is 9.59 Å². The molecule has 2 N–H and O–H groups in total. The molecule has 0 bridgehead atoms. The van der Waals surface area contributed by atoms with Gasteiger partial charge in [0.2, 0.25) is 5.91 Å². The van der Waals surface area contributed by atoms with Crippen LogP contribution in [0.2, 0.25) is 0 Å². The molecule has 0 aliphatic carbocycles. The number of nitrogens with one attached hydrogen (secondary N) is 2. The van der Waals surface area contributed by atoms with Crippen LogP contribution >= 0.6 is 0 Å². The Kier molecular flexibility index (Phi) is 8.00. The van der Waals surface area contributed by atoms with Gasteiger partial charge in [0.1, 0.15) is 0 Å². The zero-order valence-electron chi connectivity index (χ0n) is 14.8. The number of carbonyl (C=O) groups is 2. The van der Waals surface area contributed by atoms with Gasteiger partial charge in [0.05, 0.1) is 38.6 Å². The molecule has 0 fully saturated rings. The maximum Gasteiger partial charge on any atom is 0.255 e. The zero-order valence-corrected chi connectivity index (χ0v) is 14.8. The summed E-state index contributed by atoms with van der Waals surface area (Å²) in [7, 11) is 7.83. The van der Waals surface area contributed by atoms with E-state index in [2.05, 4.69) is 10.6 Å². The van der Waals surface area contributed by atoms with Crippen LogP contribution in [0.4, 0.5) is 5.69 Å². The summed E-state index contributed by atoms with van der Waals surface area (Å²) in [5.41, 5.74) is 0.688. The highest BCUT2D eigenvalue weighted by Gasteiger charge is 2.19. The predicted molar refractivity (Wildman–Crippen MR) is 90.9 cm³/mol. The first-order valence-electron chi connectivity index (χ1n) is 7.41. The molecule has 0 atom stereocenters. The number of nitrogens with zero attached hydrogens (tertiary/aromatic N) is 1. The molecule has 8 nitrogen and oxygen atoms in total. The quantitative estimate of drug-likeness (QED) is 0.640. The van der Waals surface area contributed by atoms with Crippen molar-refractivity contribution in [2.45, 2.75) is 0 Å². The van der Waals surface area contributed by atoms with Crippen LogP contribution in [0, 0.1) is 0 Å². The maximum absolute atomic E-state index is 12.4. The molecular weight excluding hydrogens is 314 g/mol. The van der Waals surface area contributed by atoms with Gasteiger partial charge in [0.15, 0.2) is 11.5 Å². The van der Waals surface area contributed by atoms with Crippen molar-refractivity contribution in [3.8, 4) is 11.5 Å². The molecule has 2 amide bonds. The fourth-order valence-corrected chi connectivity index (χ4v) is 1.97. The second-order valence-electron chi connectivity index (χ2n) is 5.17. The molecule has 0 spiro atoms. The van der Waals surface area contributed by atoms with Crippen LogP contribution in [0.1, 0.15) is 10.4 Å². The third-order valence-electron chi connectivity index (χ3n) is 3.20.